The third-order valence-corrected chi connectivity index (χ3v) is 3.47. The van der Waals surface area contributed by atoms with Gasteiger partial charge in [-0.15, -0.1) is 0 Å². The van der Waals surface area contributed by atoms with Crippen LogP contribution in [-0.2, 0) is 6.54 Å². The second-order valence-corrected chi connectivity index (χ2v) is 5.00. The van der Waals surface area contributed by atoms with Gasteiger partial charge in [-0.25, -0.2) is 0 Å². The molecule has 0 heterocycles. The Bertz CT molecular complexity index is 579. The van der Waals surface area contributed by atoms with Gasteiger partial charge in [0.25, 0.3) is 0 Å². The van der Waals surface area contributed by atoms with Gasteiger partial charge in [-0.05, 0) is 55.2 Å². The van der Waals surface area contributed by atoms with Crippen LogP contribution in [0.25, 0.3) is 11.1 Å². The van der Waals surface area contributed by atoms with Gasteiger partial charge in [0.1, 0.15) is 5.75 Å². The third-order valence-electron chi connectivity index (χ3n) is 3.47. The Morgan fingerprint density at radius 1 is 1.00 bits per heavy atom. The summed E-state index contributed by atoms with van der Waals surface area (Å²) in [5, 5.41) is 0. The van der Waals surface area contributed by atoms with Gasteiger partial charge in [0.2, 0.25) is 0 Å². The van der Waals surface area contributed by atoms with Crippen LogP contribution in [-0.4, -0.2) is 7.11 Å². The molecule has 2 aromatic rings. The van der Waals surface area contributed by atoms with Crippen LogP contribution in [0, 0.1) is 20.8 Å². The number of hydrogen-bond acceptors (Lipinski definition) is 2. The van der Waals surface area contributed by atoms with E-state index in [2.05, 4.69) is 45.0 Å². The van der Waals surface area contributed by atoms with E-state index >= 15 is 0 Å². The van der Waals surface area contributed by atoms with E-state index in [1.165, 1.54) is 27.8 Å². The number of benzene rings is 2. The highest BCUT2D eigenvalue weighted by Crippen LogP contribution is 2.31. The summed E-state index contributed by atoms with van der Waals surface area (Å²) >= 11 is 0. The van der Waals surface area contributed by atoms with Crippen LogP contribution in [0.5, 0.6) is 5.75 Å². The molecule has 0 saturated heterocycles. The zero-order chi connectivity index (χ0) is 14.0. The van der Waals surface area contributed by atoms with E-state index in [1.807, 2.05) is 6.07 Å². The molecule has 2 N–H and O–H groups in total. The topological polar surface area (TPSA) is 35.2 Å². The SMILES string of the molecule is COc1ccc(-c2c(C)cc(C)cc2C)cc1CN. The minimum absolute atomic E-state index is 0.487. The van der Waals surface area contributed by atoms with Gasteiger partial charge in [0.05, 0.1) is 7.11 Å². The molecule has 0 unspecified atom stereocenters. The number of methoxy groups -OCH3 is 1. The minimum Gasteiger partial charge on any atom is -0.496 e. The fraction of sp³-hybridized carbons (Fsp3) is 0.294. The molecule has 0 bridgehead atoms. The van der Waals surface area contributed by atoms with Crippen LogP contribution >= 0.6 is 0 Å². The summed E-state index contributed by atoms with van der Waals surface area (Å²) in [4.78, 5) is 0. The molecule has 2 heteroatoms. The van der Waals surface area contributed by atoms with Crippen molar-refractivity contribution in [3.8, 4) is 16.9 Å². The van der Waals surface area contributed by atoms with Crippen molar-refractivity contribution in [2.24, 2.45) is 5.73 Å². The largest absolute Gasteiger partial charge is 0.496 e. The molecular formula is C17H21NO. The summed E-state index contributed by atoms with van der Waals surface area (Å²) < 4.78 is 5.33. The smallest absolute Gasteiger partial charge is 0.123 e. The van der Waals surface area contributed by atoms with Crippen molar-refractivity contribution in [1.82, 2.24) is 0 Å². The Morgan fingerprint density at radius 3 is 2.16 bits per heavy atom. The fourth-order valence-corrected chi connectivity index (χ4v) is 2.73. The first-order chi connectivity index (χ1) is 9.06. The third kappa shape index (κ3) is 2.64. The predicted molar refractivity (Wildman–Crippen MR) is 80.5 cm³/mol. The van der Waals surface area contributed by atoms with Gasteiger partial charge in [0.15, 0.2) is 0 Å². The van der Waals surface area contributed by atoms with Gasteiger partial charge >= 0.3 is 0 Å². The van der Waals surface area contributed by atoms with Crippen molar-refractivity contribution in [3.63, 3.8) is 0 Å². The molecule has 0 amide bonds. The summed E-state index contributed by atoms with van der Waals surface area (Å²) in [7, 11) is 1.68. The van der Waals surface area contributed by atoms with E-state index < -0.39 is 0 Å². The lowest BCUT2D eigenvalue weighted by Gasteiger charge is -2.14. The van der Waals surface area contributed by atoms with E-state index in [0.29, 0.717) is 6.54 Å². The van der Waals surface area contributed by atoms with Crippen LogP contribution in [0.15, 0.2) is 30.3 Å². The van der Waals surface area contributed by atoms with Gasteiger partial charge in [-0.1, -0.05) is 23.8 Å². The van der Waals surface area contributed by atoms with Gasteiger partial charge in [0, 0.05) is 12.1 Å². The molecule has 2 rings (SSSR count). The van der Waals surface area contributed by atoms with Crippen LogP contribution in [0.1, 0.15) is 22.3 Å². The van der Waals surface area contributed by atoms with Gasteiger partial charge < -0.3 is 10.5 Å². The van der Waals surface area contributed by atoms with Crippen LogP contribution in [0.3, 0.4) is 0 Å². The van der Waals surface area contributed by atoms with Crippen LogP contribution in [0.4, 0.5) is 0 Å². The highest BCUT2D eigenvalue weighted by atomic mass is 16.5. The highest BCUT2D eigenvalue weighted by Gasteiger charge is 2.09. The molecule has 2 nitrogen and oxygen atoms in total. The predicted octanol–water partition coefficient (Wildman–Crippen LogP) is 3.75. The Labute approximate surface area is 115 Å². The lowest BCUT2D eigenvalue weighted by Crippen LogP contribution is -2.00. The fourth-order valence-electron chi connectivity index (χ4n) is 2.73. The van der Waals surface area contributed by atoms with Crippen molar-refractivity contribution in [2.45, 2.75) is 27.3 Å². The molecule has 2 aromatic carbocycles. The van der Waals surface area contributed by atoms with E-state index in [1.54, 1.807) is 7.11 Å². The summed E-state index contributed by atoms with van der Waals surface area (Å²) in [5.41, 5.74) is 13.2. The minimum atomic E-state index is 0.487. The van der Waals surface area contributed by atoms with Crippen molar-refractivity contribution in [3.05, 3.63) is 52.6 Å². The molecule has 0 fully saturated rings. The quantitative estimate of drug-likeness (QED) is 0.906. The highest BCUT2D eigenvalue weighted by molar-refractivity contribution is 5.72. The molecule has 0 saturated carbocycles. The maximum Gasteiger partial charge on any atom is 0.123 e. The average molecular weight is 255 g/mol. The normalized spacial score (nSPS) is 10.6. The van der Waals surface area contributed by atoms with E-state index in [-0.39, 0.29) is 0 Å². The lowest BCUT2D eigenvalue weighted by atomic mass is 9.93. The van der Waals surface area contributed by atoms with Gasteiger partial charge in [-0.2, -0.15) is 0 Å². The van der Waals surface area contributed by atoms with Crippen molar-refractivity contribution >= 4 is 0 Å². The van der Waals surface area contributed by atoms with E-state index in [9.17, 15) is 0 Å². The number of ether oxygens (including phenoxy) is 1. The number of hydrogen-bond donors (Lipinski definition) is 1. The molecule has 100 valence electrons. The summed E-state index contributed by atoms with van der Waals surface area (Å²) in [6.45, 7) is 6.92. The Hall–Kier alpha value is -1.80. The molecular weight excluding hydrogens is 234 g/mol. The summed E-state index contributed by atoms with van der Waals surface area (Å²) in [6, 6.07) is 10.7. The van der Waals surface area contributed by atoms with Crippen LogP contribution < -0.4 is 10.5 Å². The first-order valence-electron chi connectivity index (χ1n) is 6.52. The molecule has 0 aliphatic carbocycles. The zero-order valence-electron chi connectivity index (χ0n) is 12.1. The Balaban J connectivity index is 2.59. The van der Waals surface area contributed by atoms with Gasteiger partial charge in [-0.3, -0.25) is 0 Å². The zero-order valence-corrected chi connectivity index (χ0v) is 12.1. The molecule has 0 aliphatic heterocycles. The summed E-state index contributed by atoms with van der Waals surface area (Å²) in [6.07, 6.45) is 0. The first kappa shape index (κ1) is 13.6. The molecule has 0 aliphatic rings. The number of nitrogens with two attached hydrogens (primary N) is 1. The first-order valence-corrected chi connectivity index (χ1v) is 6.52. The molecule has 19 heavy (non-hydrogen) atoms. The second-order valence-electron chi connectivity index (χ2n) is 5.00. The number of rotatable bonds is 3. The Kier molecular flexibility index (Phi) is 3.91. The molecule has 0 radical (unpaired) electrons. The molecule has 0 spiro atoms. The lowest BCUT2D eigenvalue weighted by molar-refractivity contribution is 0.410. The van der Waals surface area contributed by atoms with E-state index in [0.717, 1.165) is 11.3 Å². The maximum atomic E-state index is 5.79. The van der Waals surface area contributed by atoms with E-state index in [4.69, 9.17) is 10.5 Å². The standard InChI is InChI=1S/C17H21NO/c1-11-7-12(2)17(13(3)8-11)14-5-6-16(19-4)15(9-14)10-18/h5-9H,10,18H2,1-4H3. The summed E-state index contributed by atoms with van der Waals surface area (Å²) in [5.74, 6) is 0.855. The number of aryl methyl sites for hydroxylation is 3. The Morgan fingerprint density at radius 2 is 1.63 bits per heavy atom. The van der Waals surface area contributed by atoms with Crippen LogP contribution in [0.2, 0.25) is 0 Å². The monoisotopic (exact) mass is 255 g/mol. The molecule has 0 aromatic heterocycles. The van der Waals surface area contributed by atoms with Crippen molar-refractivity contribution in [1.29, 1.82) is 0 Å². The second kappa shape index (κ2) is 5.45. The molecule has 0 atom stereocenters. The maximum absolute atomic E-state index is 5.79. The average Bonchev–Trinajstić information content (AvgIpc) is 2.37. The van der Waals surface area contributed by atoms with Crippen molar-refractivity contribution < 1.29 is 4.74 Å². The van der Waals surface area contributed by atoms with Crippen molar-refractivity contribution in [2.75, 3.05) is 7.11 Å².